The minimum absolute atomic E-state index is 0.342. The highest BCUT2D eigenvalue weighted by Crippen LogP contribution is 2.22. The molecule has 0 unspecified atom stereocenters. The van der Waals surface area contributed by atoms with E-state index < -0.39 is 0 Å². The quantitative estimate of drug-likeness (QED) is 0.840. The van der Waals surface area contributed by atoms with Gasteiger partial charge >= 0.3 is 0 Å². The first-order valence-electron chi connectivity index (χ1n) is 5.82. The molecule has 0 spiro atoms. The second kappa shape index (κ2) is 5.19. The largest absolute Gasteiger partial charge is 0.475 e. The first kappa shape index (κ1) is 13.5. The Hall–Kier alpha value is -1.54. The molecular formula is C12H20N4O. The maximum absolute atomic E-state index is 9.04. The normalized spacial score (nSPS) is 11.3. The van der Waals surface area contributed by atoms with Crippen molar-refractivity contribution < 1.29 is 4.74 Å². The third kappa shape index (κ3) is 2.77. The van der Waals surface area contributed by atoms with Crippen molar-refractivity contribution in [3.05, 3.63) is 11.3 Å². The van der Waals surface area contributed by atoms with Gasteiger partial charge in [-0.25, -0.2) is 4.68 Å². The van der Waals surface area contributed by atoms with Gasteiger partial charge < -0.3 is 10.5 Å². The Morgan fingerprint density at radius 3 is 2.53 bits per heavy atom. The van der Waals surface area contributed by atoms with E-state index in [-0.39, 0.29) is 5.54 Å². The van der Waals surface area contributed by atoms with Gasteiger partial charge in [-0.2, -0.15) is 10.4 Å². The number of nitriles is 1. The summed E-state index contributed by atoms with van der Waals surface area (Å²) in [5, 5.41) is 13.2. The van der Waals surface area contributed by atoms with Crippen molar-refractivity contribution in [3.8, 4) is 11.9 Å². The molecule has 0 aliphatic carbocycles. The number of ether oxygens (including phenoxy) is 1. The number of hydrogen-bond acceptors (Lipinski definition) is 4. The van der Waals surface area contributed by atoms with Gasteiger partial charge in [0.15, 0.2) is 0 Å². The van der Waals surface area contributed by atoms with E-state index in [4.69, 9.17) is 15.7 Å². The van der Waals surface area contributed by atoms with Crippen LogP contribution in [0.4, 0.5) is 0 Å². The van der Waals surface area contributed by atoms with Crippen molar-refractivity contribution in [2.75, 3.05) is 6.61 Å². The number of nitrogens with two attached hydrogens (primary N) is 1. The lowest BCUT2D eigenvalue weighted by atomic mass is 9.96. The van der Waals surface area contributed by atoms with Crippen LogP contribution in [0, 0.1) is 18.3 Å². The summed E-state index contributed by atoms with van der Waals surface area (Å²) in [6.45, 7) is 6.26. The highest BCUT2D eigenvalue weighted by molar-refractivity contribution is 5.42. The summed E-state index contributed by atoms with van der Waals surface area (Å²) in [7, 11) is 1.76. The molecule has 0 aromatic carbocycles. The van der Waals surface area contributed by atoms with E-state index in [1.807, 2.05) is 13.8 Å². The fraction of sp³-hybridized carbons (Fsp3) is 0.667. The lowest BCUT2D eigenvalue weighted by Crippen LogP contribution is -2.44. The van der Waals surface area contributed by atoms with Gasteiger partial charge in [0.2, 0.25) is 5.88 Å². The third-order valence-electron chi connectivity index (χ3n) is 3.19. The molecule has 0 aliphatic rings. The Morgan fingerprint density at radius 2 is 2.06 bits per heavy atom. The minimum Gasteiger partial charge on any atom is -0.475 e. The smallest absolute Gasteiger partial charge is 0.230 e. The van der Waals surface area contributed by atoms with E-state index in [0.29, 0.717) is 23.7 Å². The second-order valence-corrected chi connectivity index (χ2v) is 4.36. The molecule has 0 saturated heterocycles. The molecule has 5 heteroatoms. The van der Waals surface area contributed by atoms with Gasteiger partial charge in [-0.15, -0.1) is 0 Å². The molecule has 17 heavy (non-hydrogen) atoms. The molecule has 1 heterocycles. The molecule has 0 saturated carbocycles. The SMILES string of the molecule is CCC(N)(CC)COc1c(C#N)c(C)nn1C. The van der Waals surface area contributed by atoms with Gasteiger partial charge in [-0.3, -0.25) is 0 Å². The van der Waals surface area contributed by atoms with Gasteiger partial charge in [0, 0.05) is 12.6 Å². The average molecular weight is 236 g/mol. The highest BCUT2D eigenvalue weighted by Gasteiger charge is 2.23. The molecule has 1 aromatic rings. The molecule has 2 N–H and O–H groups in total. The fourth-order valence-electron chi connectivity index (χ4n) is 1.60. The fourth-order valence-corrected chi connectivity index (χ4v) is 1.60. The Kier molecular flexibility index (Phi) is 4.13. The van der Waals surface area contributed by atoms with E-state index in [1.165, 1.54) is 0 Å². The molecule has 5 nitrogen and oxygen atoms in total. The minimum atomic E-state index is -0.342. The maximum Gasteiger partial charge on any atom is 0.230 e. The Morgan fingerprint density at radius 1 is 1.47 bits per heavy atom. The molecule has 0 aliphatic heterocycles. The van der Waals surface area contributed by atoms with Crippen molar-refractivity contribution in [1.29, 1.82) is 5.26 Å². The second-order valence-electron chi connectivity index (χ2n) is 4.36. The summed E-state index contributed by atoms with van der Waals surface area (Å²) in [6, 6.07) is 2.11. The van der Waals surface area contributed by atoms with Crippen molar-refractivity contribution in [2.24, 2.45) is 12.8 Å². The summed E-state index contributed by atoms with van der Waals surface area (Å²) in [6.07, 6.45) is 1.67. The van der Waals surface area contributed by atoms with E-state index in [2.05, 4.69) is 11.2 Å². The summed E-state index contributed by atoms with van der Waals surface area (Å²) >= 11 is 0. The van der Waals surface area contributed by atoms with Crippen LogP contribution in [0.3, 0.4) is 0 Å². The Bertz CT molecular complexity index is 426. The van der Waals surface area contributed by atoms with Crippen molar-refractivity contribution in [2.45, 2.75) is 39.2 Å². The monoisotopic (exact) mass is 236 g/mol. The summed E-state index contributed by atoms with van der Waals surface area (Å²) in [5.41, 5.74) is 6.98. The van der Waals surface area contributed by atoms with Crippen LogP contribution in [0.1, 0.15) is 37.9 Å². The predicted octanol–water partition coefficient (Wildman–Crippen LogP) is 1.50. The van der Waals surface area contributed by atoms with Crippen LogP contribution < -0.4 is 10.5 Å². The number of hydrogen-bond donors (Lipinski definition) is 1. The molecule has 1 aromatic heterocycles. The summed E-state index contributed by atoms with van der Waals surface area (Å²) in [5.74, 6) is 0.502. The lowest BCUT2D eigenvalue weighted by Gasteiger charge is -2.26. The molecule has 0 fully saturated rings. The highest BCUT2D eigenvalue weighted by atomic mass is 16.5. The number of aryl methyl sites for hydroxylation is 2. The maximum atomic E-state index is 9.04. The molecule has 1 rings (SSSR count). The molecule has 0 amide bonds. The molecule has 0 atom stereocenters. The van der Waals surface area contributed by atoms with Crippen LogP contribution in [-0.2, 0) is 7.05 Å². The average Bonchev–Trinajstić information content (AvgIpc) is 2.60. The van der Waals surface area contributed by atoms with Crippen LogP contribution in [0.15, 0.2) is 0 Å². The van der Waals surface area contributed by atoms with Crippen molar-refractivity contribution in [3.63, 3.8) is 0 Å². The predicted molar refractivity (Wildman–Crippen MR) is 65.7 cm³/mol. The third-order valence-corrected chi connectivity index (χ3v) is 3.19. The topological polar surface area (TPSA) is 76.9 Å². The van der Waals surface area contributed by atoms with Gasteiger partial charge in [0.1, 0.15) is 18.2 Å². The zero-order valence-electron chi connectivity index (χ0n) is 10.9. The van der Waals surface area contributed by atoms with Crippen LogP contribution in [0.2, 0.25) is 0 Å². The summed E-state index contributed by atoms with van der Waals surface area (Å²) in [4.78, 5) is 0. The molecular weight excluding hydrogens is 216 g/mol. The number of rotatable bonds is 5. The molecule has 94 valence electrons. The van der Waals surface area contributed by atoms with E-state index in [1.54, 1.807) is 18.7 Å². The zero-order valence-corrected chi connectivity index (χ0v) is 10.9. The number of nitrogens with zero attached hydrogens (tertiary/aromatic N) is 3. The first-order chi connectivity index (χ1) is 7.97. The van der Waals surface area contributed by atoms with Crippen LogP contribution in [0.25, 0.3) is 0 Å². The van der Waals surface area contributed by atoms with Gasteiger partial charge in [0.25, 0.3) is 0 Å². The molecule has 0 radical (unpaired) electrons. The van der Waals surface area contributed by atoms with E-state index in [9.17, 15) is 0 Å². The number of aromatic nitrogens is 2. The van der Waals surface area contributed by atoms with E-state index in [0.717, 1.165) is 12.8 Å². The van der Waals surface area contributed by atoms with Crippen LogP contribution >= 0.6 is 0 Å². The van der Waals surface area contributed by atoms with Gasteiger partial charge in [-0.1, -0.05) is 13.8 Å². The van der Waals surface area contributed by atoms with Gasteiger partial charge in [0.05, 0.1) is 5.69 Å². The van der Waals surface area contributed by atoms with Crippen molar-refractivity contribution in [1.82, 2.24) is 9.78 Å². The zero-order chi connectivity index (χ0) is 13.1. The van der Waals surface area contributed by atoms with Crippen LogP contribution in [0.5, 0.6) is 5.88 Å². The van der Waals surface area contributed by atoms with Crippen LogP contribution in [-0.4, -0.2) is 21.9 Å². The first-order valence-corrected chi connectivity index (χ1v) is 5.82. The molecule has 0 bridgehead atoms. The van der Waals surface area contributed by atoms with Gasteiger partial charge in [-0.05, 0) is 19.8 Å². The van der Waals surface area contributed by atoms with Crippen molar-refractivity contribution >= 4 is 0 Å². The lowest BCUT2D eigenvalue weighted by molar-refractivity contribution is 0.193. The Labute approximate surface area is 102 Å². The Balaban J connectivity index is 2.87. The summed E-state index contributed by atoms with van der Waals surface area (Å²) < 4.78 is 7.26. The standard InChI is InChI=1S/C12H20N4O/c1-5-12(14,6-2)8-17-11-10(7-13)9(3)15-16(11)4/h5-6,8,14H2,1-4H3. The van der Waals surface area contributed by atoms with E-state index >= 15 is 0 Å².